The van der Waals surface area contributed by atoms with Gasteiger partial charge in [0.25, 0.3) is 0 Å². The number of aliphatic hydroxyl groups excluding tert-OH is 1. The molecule has 1 unspecified atom stereocenters. The van der Waals surface area contributed by atoms with Crippen LogP contribution in [0, 0.1) is 6.92 Å². The summed E-state index contributed by atoms with van der Waals surface area (Å²) in [6.45, 7) is 1.93. The lowest BCUT2D eigenvalue weighted by Crippen LogP contribution is -2.01. The van der Waals surface area contributed by atoms with E-state index < -0.39 is 6.10 Å². The van der Waals surface area contributed by atoms with Gasteiger partial charge < -0.3 is 5.11 Å². The Labute approximate surface area is 116 Å². The van der Waals surface area contributed by atoms with Crippen LogP contribution in [0.5, 0.6) is 0 Å². The Bertz CT molecular complexity index is 714. The standard InChI is InChI=1S/C15H16N2OS/c1-10-13(8-17(2)16-10)14(18)7-11-9-19-15-6-4-3-5-12(11)15/h3-6,8-9,14,18H,7H2,1-2H3. The third-order valence-corrected chi connectivity index (χ3v) is 4.40. The Morgan fingerprint density at radius 1 is 1.37 bits per heavy atom. The molecular formula is C15H16N2OS. The number of aliphatic hydroxyl groups is 1. The van der Waals surface area contributed by atoms with Crippen LogP contribution in [0.3, 0.4) is 0 Å². The minimum atomic E-state index is -0.494. The van der Waals surface area contributed by atoms with E-state index in [1.807, 2.05) is 32.3 Å². The summed E-state index contributed by atoms with van der Waals surface area (Å²) >= 11 is 1.73. The van der Waals surface area contributed by atoms with Crippen molar-refractivity contribution in [2.24, 2.45) is 7.05 Å². The molecule has 0 amide bonds. The Hall–Kier alpha value is -1.65. The van der Waals surface area contributed by atoms with Crippen molar-refractivity contribution in [3.63, 3.8) is 0 Å². The average Bonchev–Trinajstić information content (AvgIpc) is 2.94. The molecule has 1 aromatic carbocycles. The second kappa shape index (κ2) is 4.79. The Morgan fingerprint density at radius 2 is 2.16 bits per heavy atom. The highest BCUT2D eigenvalue weighted by atomic mass is 32.1. The predicted molar refractivity (Wildman–Crippen MR) is 78.4 cm³/mol. The predicted octanol–water partition coefficient (Wildman–Crippen LogP) is 3.22. The van der Waals surface area contributed by atoms with E-state index in [9.17, 15) is 5.11 Å². The van der Waals surface area contributed by atoms with Gasteiger partial charge in [0.1, 0.15) is 0 Å². The molecule has 0 spiro atoms. The number of thiophene rings is 1. The largest absolute Gasteiger partial charge is 0.388 e. The van der Waals surface area contributed by atoms with Crippen LogP contribution in [0.1, 0.15) is 22.9 Å². The van der Waals surface area contributed by atoms with Gasteiger partial charge in [-0.05, 0) is 29.3 Å². The van der Waals surface area contributed by atoms with Crippen molar-refractivity contribution in [2.75, 3.05) is 0 Å². The quantitative estimate of drug-likeness (QED) is 0.795. The van der Waals surface area contributed by atoms with Crippen molar-refractivity contribution < 1.29 is 5.11 Å². The van der Waals surface area contributed by atoms with Gasteiger partial charge in [-0.2, -0.15) is 5.10 Å². The molecule has 0 radical (unpaired) electrons. The van der Waals surface area contributed by atoms with Crippen LogP contribution in [0.15, 0.2) is 35.8 Å². The van der Waals surface area contributed by atoms with Crippen molar-refractivity contribution in [3.8, 4) is 0 Å². The van der Waals surface area contributed by atoms with Gasteiger partial charge in [0.05, 0.1) is 11.8 Å². The minimum Gasteiger partial charge on any atom is -0.388 e. The maximum absolute atomic E-state index is 10.4. The molecule has 0 saturated carbocycles. The minimum absolute atomic E-state index is 0.494. The molecule has 0 fully saturated rings. The molecule has 4 heteroatoms. The molecule has 0 bridgehead atoms. The van der Waals surface area contributed by atoms with Crippen LogP contribution in [0.2, 0.25) is 0 Å². The van der Waals surface area contributed by atoms with Gasteiger partial charge in [-0.15, -0.1) is 11.3 Å². The zero-order valence-corrected chi connectivity index (χ0v) is 11.8. The number of fused-ring (bicyclic) bond motifs is 1. The number of benzene rings is 1. The van der Waals surface area contributed by atoms with E-state index in [0.717, 1.165) is 11.3 Å². The lowest BCUT2D eigenvalue weighted by Gasteiger charge is -2.08. The van der Waals surface area contributed by atoms with Crippen LogP contribution in [-0.4, -0.2) is 14.9 Å². The molecule has 2 aromatic heterocycles. The molecule has 1 N–H and O–H groups in total. The smallest absolute Gasteiger partial charge is 0.0863 e. The fourth-order valence-electron chi connectivity index (χ4n) is 2.45. The van der Waals surface area contributed by atoms with Crippen LogP contribution in [0.25, 0.3) is 10.1 Å². The van der Waals surface area contributed by atoms with E-state index in [-0.39, 0.29) is 0 Å². The van der Waals surface area contributed by atoms with Crippen molar-refractivity contribution in [2.45, 2.75) is 19.4 Å². The number of rotatable bonds is 3. The summed E-state index contributed by atoms with van der Waals surface area (Å²) < 4.78 is 3.02. The van der Waals surface area contributed by atoms with Crippen molar-refractivity contribution in [3.05, 3.63) is 52.7 Å². The van der Waals surface area contributed by atoms with Gasteiger partial charge in [-0.25, -0.2) is 0 Å². The second-order valence-electron chi connectivity index (χ2n) is 4.82. The number of hydrogen-bond donors (Lipinski definition) is 1. The Kier molecular flexibility index (Phi) is 3.12. The SMILES string of the molecule is Cc1nn(C)cc1C(O)Cc1csc2ccccc12. The van der Waals surface area contributed by atoms with Crippen LogP contribution < -0.4 is 0 Å². The van der Waals surface area contributed by atoms with E-state index in [1.54, 1.807) is 16.0 Å². The first kappa shape index (κ1) is 12.4. The number of hydrogen-bond acceptors (Lipinski definition) is 3. The molecule has 0 aliphatic heterocycles. The van der Waals surface area contributed by atoms with Crippen molar-refractivity contribution >= 4 is 21.4 Å². The number of nitrogens with zero attached hydrogens (tertiary/aromatic N) is 2. The highest BCUT2D eigenvalue weighted by molar-refractivity contribution is 7.17. The van der Waals surface area contributed by atoms with E-state index >= 15 is 0 Å². The second-order valence-corrected chi connectivity index (χ2v) is 5.73. The summed E-state index contributed by atoms with van der Waals surface area (Å²) in [4.78, 5) is 0. The van der Waals surface area contributed by atoms with Gasteiger partial charge in [0, 0.05) is 29.9 Å². The first-order valence-electron chi connectivity index (χ1n) is 6.28. The van der Waals surface area contributed by atoms with E-state index in [0.29, 0.717) is 6.42 Å². The van der Waals surface area contributed by atoms with E-state index in [1.165, 1.54) is 15.6 Å². The number of aryl methyl sites for hydroxylation is 2. The normalized spacial score (nSPS) is 13.0. The lowest BCUT2D eigenvalue weighted by molar-refractivity contribution is 0.178. The molecule has 0 aliphatic rings. The molecule has 3 rings (SSSR count). The van der Waals surface area contributed by atoms with E-state index in [2.05, 4.69) is 22.6 Å². The van der Waals surface area contributed by atoms with Crippen LogP contribution >= 0.6 is 11.3 Å². The topological polar surface area (TPSA) is 38.0 Å². The van der Waals surface area contributed by atoms with Crippen molar-refractivity contribution in [1.82, 2.24) is 9.78 Å². The first-order valence-corrected chi connectivity index (χ1v) is 7.16. The third-order valence-electron chi connectivity index (χ3n) is 3.38. The van der Waals surface area contributed by atoms with Gasteiger partial charge in [0.2, 0.25) is 0 Å². The molecule has 98 valence electrons. The monoisotopic (exact) mass is 272 g/mol. The highest BCUT2D eigenvalue weighted by Crippen LogP contribution is 2.30. The van der Waals surface area contributed by atoms with E-state index in [4.69, 9.17) is 0 Å². The zero-order chi connectivity index (χ0) is 13.4. The van der Waals surface area contributed by atoms with Crippen molar-refractivity contribution in [1.29, 1.82) is 0 Å². The molecular weight excluding hydrogens is 256 g/mol. The molecule has 19 heavy (non-hydrogen) atoms. The third kappa shape index (κ3) is 2.29. The molecule has 2 heterocycles. The number of aromatic nitrogens is 2. The Morgan fingerprint density at radius 3 is 2.89 bits per heavy atom. The first-order chi connectivity index (χ1) is 9.15. The molecule has 0 aliphatic carbocycles. The Balaban J connectivity index is 1.91. The maximum Gasteiger partial charge on any atom is 0.0863 e. The average molecular weight is 272 g/mol. The van der Waals surface area contributed by atoms with Crippen LogP contribution in [-0.2, 0) is 13.5 Å². The summed E-state index contributed by atoms with van der Waals surface area (Å²) in [7, 11) is 1.88. The summed E-state index contributed by atoms with van der Waals surface area (Å²) in [5.74, 6) is 0. The lowest BCUT2D eigenvalue weighted by atomic mass is 10.0. The fourth-order valence-corrected chi connectivity index (χ4v) is 3.43. The molecule has 0 saturated heterocycles. The van der Waals surface area contributed by atoms with Gasteiger partial charge in [0.15, 0.2) is 0 Å². The molecule has 1 atom stereocenters. The molecule has 3 nitrogen and oxygen atoms in total. The molecule has 3 aromatic rings. The summed E-state index contributed by atoms with van der Waals surface area (Å²) in [5.41, 5.74) is 3.02. The van der Waals surface area contributed by atoms with Gasteiger partial charge in [-0.3, -0.25) is 4.68 Å². The summed E-state index contributed by atoms with van der Waals surface area (Å²) in [6.07, 6.45) is 2.04. The summed E-state index contributed by atoms with van der Waals surface area (Å²) in [5, 5.41) is 18.1. The highest BCUT2D eigenvalue weighted by Gasteiger charge is 2.16. The van der Waals surface area contributed by atoms with Gasteiger partial charge >= 0.3 is 0 Å². The summed E-state index contributed by atoms with van der Waals surface area (Å²) in [6, 6.07) is 8.32. The maximum atomic E-state index is 10.4. The van der Waals surface area contributed by atoms with Gasteiger partial charge in [-0.1, -0.05) is 18.2 Å². The van der Waals surface area contributed by atoms with Crippen LogP contribution in [0.4, 0.5) is 0 Å². The fraction of sp³-hybridized carbons (Fsp3) is 0.267. The zero-order valence-electron chi connectivity index (χ0n) is 11.0.